The molecule has 0 N–H and O–H groups in total. The molecule has 0 fully saturated rings. The van der Waals surface area contributed by atoms with Crippen LogP contribution in [0, 0.1) is 0 Å². The molecule has 6 heteroatoms. The predicted octanol–water partition coefficient (Wildman–Crippen LogP) is 4.56. The van der Waals surface area contributed by atoms with Crippen molar-refractivity contribution < 1.29 is 0 Å². The van der Waals surface area contributed by atoms with Crippen molar-refractivity contribution in [2.75, 3.05) is 0 Å². The summed E-state index contributed by atoms with van der Waals surface area (Å²) in [5.74, 6) is 0. The van der Waals surface area contributed by atoms with E-state index in [1.807, 2.05) is 55.6 Å². The number of hydrogen-bond acceptors (Lipinski definition) is 3. The maximum absolute atomic E-state index is 5.91. The van der Waals surface area contributed by atoms with Crippen molar-refractivity contribution in [2.24, 2.45) is 12.0 Å². The molecule has 0 unspecified atom stereocenters. The van der Waals surface area contributed by atoms with Crippen molar-refractivity contribution in [1.82, 2.24) is 9.78 Å². The van der Waals surface area contributed by atoms with Gasteiger partial charge in [0, 0.05) is 22.7 Å². The molecule has 3 aromatic rings. The fraction of sp³-hybridized carbons (Fsp3) is 0.125. The van der Waals surface area contributed by atoms with Gasteiger partial charge in [-0.15, -0.1) is 0 Å². The highest BCUT2D eigenvalue weighted by Gasteiger charge is 2.05. The summed E-state index contributed by atoms with van der Waals surface area (Å²) in [5.41, 5.74) is 2.16. The number of hydrogen-bond donors (Lipinski definition) is 0. The minimum absolute atomic E-state index is 0.604. The number of nitrogens with zero attached hydrogens (tertiary/aromatic N) is 3. The van der Waals surface area contributed by atoms with Gasteiger partial charge in [-0.25, -0.2) is 4.68 Å². The van der Waals surface area contributed by atoms with Crippen molar-refractivity contribution in [3.63, 3.8) is 0 Å². The first-order valence-corrected chi connectivity index (χ1v) is 8.24. The fourth-order valence-electron chi connectivity index (χ4n) is 1.94. The van der Waals surface area contributed by atoms with Gasteiger partial charge in [0.05, 0.1) is 6.54 Å². The maximum atomic E-state index is 5.91. The smallest absolute Gasteiger partial charge is 0.203 e. The Morgan fingerprint density at radius 2 is 1.59 bits per heavy atom. The van der Waals surface area contributed by atoms with E-state index in [9.17, 15) is 0 Å². The van der Waals surface area contributed by atoms with Crippen LogP contribution >= 0.6 is 34.5 Å². The normalized spacial score (nSPS) is 11.9. The first kappa shape index (κ1) is 15.3. The molecule has 1 heterocycles. The number of rotatable bonds is 3. The lowest BCUT2D eigenvalue weighted by atomic mass is 10.2. The van der Waals surface area contributed by atoms with E-state index in [0.717, 1.165) is 31.0 Å². The molecule has 112 valence electrons. The van der Waals surface area contributed by atoms with Gasteiger partial charge in [0.2, 0.25) is 4.80 Å². The summed E-state index contributed by atoms with van der Waals surface area (Å²) in [7, 11) is 1.90. The molecule has 3 nitrogen and oxygen atoms in total. The van der Waals surface area contributed by atoms with Gasteiger partial charge in [-0.2, -0.15) is 5.10 Å². The van der Waals surface area contributed by atoms with E-state index in [4.69, 9.17) is 23.2 Å². The zero-order chi connectivity index (χ0) is 15.5. The van der Waals surface area contributed by atoms with Gasteiger partial charge >= 0.3 is 0 Å². The standard InChI is InChI=1S/C16H13Cl2N3S/c1-21-16(19-10-11-2-6-13(17)7-3-11)22-15(20-21)12-4-8-14(18)9-5-12/h2-9H,10H2,1H3. The molecule has 0 spiro atoms. The second-order valence-electron chi connectivity index (χ2n) is 4.76. The Bertz CT molecular complexity index is 833. The van der Waals surface area contributed by atoms with E-state index in [-0.39, 0.29) is 0 Å². The van der Waals surface area contributed by atoms with Crippen LogP contribution in [0.25, 0.3) is 10.6 Å². The minimum atomic E-state index is 0.604. The number of halogens is 2. The van der Waals surface area contributed by atoms with Gasteiger partial charge in [-0.05, 0) is 29.8 Å². The Morgan fingerprint density at radius 3 is 2.23 bits per heavy atom. The molecule has 0 aliphatic rings. The summed E-state index contributed by atoms with van der Waals surface area (Å²) in [4.78, 5) is 5.49. The van der Waals surface area contributed by atoms with Gasteiger partial charge in [0.25, 0.3) is 0 Å². The van der Waals surface area contributed by atoms with E-state index in [2.05, 4.69) is 10.1 Å². The van der Waals surface area contributed by atoms with Crippen molar-refractivity contribution in [2.45, 2.75) is 6.54 Å². The van der Waals surface area contributed by atoms with E-state index >= 15 is 0 Å². The van der Waals surface area contributed by atoms with Crippen molar-refractivity contribution in [1.29, 1.82) is 0 Å². The van der Waals surface area contributed by atoms with Gasteiger partial charge in [0.1, 0.15) is 5.01 Å². The average Bonchev–Trinajstić information content (AvgIpc) is 2.88. The predicted molar refractivity (Wildman–Crippen MR) is 92.3 cm³/mol. The van der Waals surface area contributed by atoms with Crippen LogP contribution in [0.4, 0.5) is 0 Å². The monoisotopic (exact) mass is 349 g/mol. The third-order valence-corrected chi connectivity index (χ3v) is 4.70. The Morgan fingerprint density at radius 1 is 1.00 bits per heavy atom. The van der Waals surface area contributed by atoms with Crippen molar-refractivity contribution in [3.8, 4) is 10.6 Å². The summed E-state index contributed by atoms with van der Waals surface area (Å²) in [6.07, 6.45) is 0. The molecule has 2 aromatic carbocycles. The summed E-state index contributed by atoms with van der Waals surface area (Å²) < 4.78 is 1.80. The van der Waals surface area contributed by atoms with Gasteiger partial charge in [-0.3, -0.25) is 4.99 Å². The Kier molecular flexibility index (Phi) is 4.62. The van der Waals surface area contributed by atoms with Crippen LogP contribution in [0.5, 0.6) is 0 Å². The SMILES string of the molecule is Cn1nc(-c2ccc(Cl)cc2)sc1=NCc1ccc(Cl)cc1. The van der Waals surface area contributed by atoms with Crippen LogP contribution < -0.4 is 4.80 Å². The highest BCUT2D eigenvalue weighted by molar-refractivity contribution is 7.12. The Labute approximate surface area is 142 Å². The largest absolute Gasteiger partial charge is 0.253 e. The molecule has 0 atom stereocenters. The summed E-state index contributed by atoms with van der Waals surface area (Å²) >= 11 is 13.4. The van der Waals surface area contributed by atoms with E-state index in [1.165, 1.54) is 0 Å². The molecule has 0 saturated heterocycles. The fourth-order valence-corrected chi connectivity index (χ4v) is 3.09. The molecule has 0 radical (unpaired) electrons. The van der Waals surface area contributed by atoms with Crippen LogP contribution in [-0.4, -0.2) is 9.78 Å². The maximum Gasteiger partial charge on any atom is 0.203 e. The second-order valence-corrected chi connectivity index (χ2v) is 6.59. The van der Waals surface area contributed by atoms with Gasteiger partial charge in [-0.1, -0.05) is 58.8 Å². The van der Waals surface area contributed by atoms with E-state index in [0.29, 0.717) is 6.54 Å². The first-order chi connectivity index (χ1) is 10.6. The average molecular weight is 350 g/mol. The van der Waals surface area contributed by atoms with Gasteiger partial charge < -0.3 is 0 Å². The summed E-state index contributed by atoms with van der Waals surface area (Å²) in [5, 5.41) is 6.89. The second kappa shape index (κ2) is 6.65. The summed E-state index contributed by atoms with van der Waals surface area (Å²) in [6.45, 7) is 0.604. The zero-order valence-corrected chi connectivity index (χ0v) is 14.2. The lowest BCUT2D eigenvalue weighted by molar-refractivity contribution is 0.719. The third-order valence-electron chi connectivity index (χ3n) is 3.11. The van der Waals surface area contributed by atoms with E-state index in [1.54, 1.807) is 16.0 Å². The first-order valence-electron chi connectivity index (χ1n) is 6.67. The van der Waals surface area contributed by atoms with Crippen molar-refractivity contribution in [3.05, 3.63) is 68.9 Å². The molecular weight excluding hydrogens is 337 g/mol. The molecule has 3 rings (SSSR count). The topological polar surface area (TPSA) is 30.2 Å². The van der Waals surface area contributed by atoms with Crippen LogP contribution in [-0.2, 0) is 13.6 Å². The number of aryl methyl sites for hydroxylation is 1. The highest BCUT2D eigenvalue weighted by atomic mass is 35.5. The molecule has 0 aliphatic carbocycles. The molecule has 0 amide bonds. The molecular formula is C16H13Cl2N3S. The molecule has 1 aromatic heterocycles. The summed E-state index contributed by atoms with van der Waals surface area (Å²) in [6, 6.07) is 15.4. The zero-order valence-electron chi connectivity index (χ0n) is 11.8. The van der Waals surface area contributed by atoms with Gasteiger partial charge in [0.15, 0.2) is 0 Å². The lowest BCUT2D eigenvalue weighted by Crippen LogP contribution is -2.11. The Balaban J connectivity index is 1.87. The minimum Gasteiger partial charge on any atom is -0.253 e. The molecule has 22 heavy (non-hydrogen) atoms. The van der Waals surface area contributed by atoms with Crippen LogP contribution in [0.1, 0.15) is 5.56 Å². The number of aromatic nitrogens is 2. The Hall–Kier alpha value is -1.62. The molecule has 0 saturated carbocycles. The van der Waals surface area contributed by atoms with E-state index < -0.39 is 0 Å². The highest BCUT2D eigenvalue weighted by Crippen LogP contribution is 2.21. The number of benzene rings is 2. The lowest BCUT2D eigenvalue weighted by Gasteiger charge is -1.95. The molecule has 0 bridgehead atoms. The van der Waals surface area contributed by atoms with Crippen molar-refractivity contribution >= 4 is 34.5 Å². The third kappa shape index (κ3) is 3.58. The quantitative estimate of drug-likeness (QED) is 0.681. The van der Waals surface area contributed by atoms with Crippen LogP contribution in [0.2, 0.25) is 10.0 Å². The van der Waals surface area contributed by atoms with Crippen LogP contribution in [0.3, 0.4) is 0 Å². The van der Waals surface area contributed by atoms with Crippen LogP contribution in [0.15, 0.2) is 53.5 Å². The molecule has 0 aliphatic heterocycles.